The van der Waals surface area contributed by atoms with Crippen molar-refractivity contribution in [3.05, 3.63) is 46.6 Å². The molecule has 1 saturated heterocycles. The van der Waals surface area contributed by atoms with Crippen molar-refractivity contribution in [2.75, 3.05) is 13.1 Å². The maximum Gasteiger partial charge on any atom is 0.243 e. The molecule has 1 aliphatic heterocycles. The molecule has 7 heteroatoms. The number of sulfonamides is 1. The predicted octanol–water partition coefficient (Wildman–Crippen LogP) is 2.94. The number of nitrogens with zero attached hydrogens (tertiary/aromatic N) is 3. The molecule has 1 aromatic heterocycles. The van der Waals surface area contributed by atoms with Gasteiger partial charge in [-0.2, -0.15) is 9.40 Å². The summed E-state index contributed by atoms with van der Waals surface area (Å²) in [5.74, 6) is 0.488. The minimum absolute atomic E-state index is 0.0429. The average molecular weight is 375 g/mol. The predicted molar refractivity (Wildman–Crippen MR) is 99.8 cm³/mol. The number of ether oxygens (including phenoxy) is 1. The SMILES string of the molecule is Cc1cc(C)c(S(=O)(=O)N2CCC(Oc3ccc(C)nn3)CC2)c(C)c1. The van der Waals surface area contributed by atoms with E-state index in [0.717, 1.165) is 22.4 Å². The Balaban J connectivity index is 1.70. The molecular weight excluding hydrogens is 350 g/mol. The van der Waals surface area contributed by atoms with Crippen LogP contribution in [0.4, 0.5) is 0 Å². The number of aromatic nitrogens is 2. The molecule has 140 valence electrons. The third-order valence-electron chi connectivity index (χ3n) is 4.66. The molecule has 0 radical (unpaired) electrons. The van der Waals surface area contributed by atoms with Gasteiger partial charge in [-0.25, -0.2) is 8.42 Å². The van der Waals surface area contributed by atoms with E-state index >= 15 is 0 Å². The van der Waals surface area contributed by atoms with Crippen LogP contribution in [0.15, 0.2) is 29.2 Å². The summed E-state index contributed by atoms with van der Waals surface area (Å²) in [6, 6.07) is 7.49. The summed E-state index contributed by atoms with van der Waals surface area (Å²) in [6.45, 7) is 8.46. The molecule has 26 heavy (non-hydrogen) atoms. The van der Waals surface area contributed by atoms with Gasteiger partial charge < -0.3 is 4.74 Å². The Kier molecular flexibility index (Phi) is 5.29. The largest absolute Gasteiger partial charge is 0.473 e. The van der Waals surface area contributed by atoms with Gasteiger partial charge in [-0.15, -0.1) is 5.10 Å². The van der Waals surface area contributed by atoms with Crippen molar-refractivity contribution < 1.29 is 13.2 Å². The van der Waals surface area contributed by atoms with Crippen LogP contribution in [0.5, 0.6) is 5.88 Å². The Bertz CT molecular complexity index is 864. The summed E-state index contributed by atoms with van der Waals surface area (Å²) < 4.78 is 33.6. The lowest BCUT2D eigenvalue weighted by Gasteiger charge is -2.31. The molecule has 3 rings (SSSR count). The minimum atomic E-state index is -3.49. The van der Waals surface area contributed by atoms with E-state index in [1.54, 1.807) is 10.4 Å². The van der Waals surface area contributed by atoms with E-state index in [0.29, 0.717) is 36.7 Å². The van der Waals surface area contributed by atoms with Crippen LogP contribution in [0.2, 0.25) is 0 Å². The van der Waals surface area contributed by atoms with E-state index in [1.165, 1.54) is 0 Å². The van der Waals surface area contributed by atoms with Gasteiger partial charge in [-0.1, -0.05) is 17.7 Å². The van der Waals surface area contributed by atoms with Crippen molar-refractivity contribution in [1.82, 2.24) is 14.5 Å². The van der Waals surface area contributed by atoms with Crippen molar-refractivity contribution in [2.45, 2.75) is 51.5 Å². The molecule has 1 aliphatic rings. The van der Waals surface area contributed by atoms with Crippen LogP contribution in [-0.4, -0.2) is 42.1 Å². The zero-order valence-corrected chi connectivity index (χ0v) is 16.5. The maximum atomic E-state index is 13.1. The van der Waals surface area contributed by atoms with Crippen LogP contribution in [0, 0.1) is 27.7 Å². The van der Waals surface area contributed by atoms with Gasteiger partial charge in [0.1, 0.15) is 6.10 Å². The Morgan fingerprint density at radius 3 is 2.15 bits per heavy atom. The highest BCUT2D eigenvalue weighted by Crippen LogP contribution is 2.28. The smallest absolute Gasteiger partial charge is 0.243 e. The highest BCUT2D eigenvalue weighted by atomic mass is 32.2. The minimum Gasteiger partial charge on any atom is -0.473 e. The summed E-state index contributed by atoms with van der Waals surface area (Å²) in [5, 5.41) is 8.00. The van der Waals surface area contributed by atoms with Gasteiger partial charge in [0.25, 0.3) is 0 Å². The first-order chi connectivity index (χ1) is 12.3. The van der Waals surface area contributed by atoms with Crippen LogP contribution >= 0.6 is 0 Å². The molecule has 0 bridgehead atoms. The summed E-state index contributed by atoms with van der Waals surface area (Å²) in [4.78, 5) is 0.437. The molecule has 0 unspecified atom stereocenters. The Hall–Kier alpha value is -1.99. The third kappa shape index (κ3) is 3.88. The van der Waals surface area contributed by atoms with E-state index in [2.05, 4.69) is 10.2 Å². The fourth-order valence-corrected chi connectivity index (χ4v) is 5.39. The summed E-state index contributed by atoms with van der Waals surface area (Å²) in [7, 11) is -3.49. The fraction of sp³-hybridized carbons (Fsp3) is 0.474. The van der Waals surface area contributed by atoms with Crippen molar-refractivity contribution in [3.8, 4) is 5.88 Å². The number of hydrogen-bond acceptors (Lipinski definition) is 5. The van der Waals surface area contributed by atoms with Crippen LogP contribution in [0.25, 0.3) is 0 Å². The molecule has 0 N–H and O–H groups in total. The number of benzene rings is 1. The number of aryl methyl sites for hydroxylation is 4. The molecule has 0 atom stereocenters. The van der Waals surface area contributed by atoms with Crippen LogP contribution < -0.4 is 4.74 Å². The van der Waals surface area contributed by atoms with Crippen LogP contribution in [-0.2, 0) is 10.0 Å². The number of rotatable bonds is 4. The molecule has 1 aromatic carbocycles. The second kappa shape index (κ2) is 7.32. The third-order valence-corrected chi connectivity index (χ3v) is 6.87. The summed E-state index contributed by atoms with van der Waals surface area (Å²) >= 11 is 0. The van der Waals surface area contributed by atoms with Gasteiger partial charge in [0.05, 0.1) is 10.6 Å². The van der Waals surface area contributed by atoms with E-state index in [4.69, 9.17) is 4.74 Å². The molecular formula is C19H25N3O3S. The first-order valence-corrected chi connectivity index (χ1v) is 10.3. The van der Waals surface area contributed by atoms with Crippen LogP contribution in [0.3, 0.4) is 0 Å². The summed E-state index contributed by atoms with van der Waals surface area (Å²) in [5.41, 5.74) is 3.51. The molecule has 0 spiro atoms. The van der Waals surface area contributed by atoms with Gasteiger partial charge in [0.15, 0.2) is 0 Å². The normalized spacial score (nSPS) is 16.6. The van der Waals surface area contributed by atoms with Crippen molar-refractivity contribution >= 4 is 10.0 Å². The van der Waals surface area contributed by atoms with Gasteiger partial charge in [-0.05, 0) is 57.7 Å². The number of hydrogen-bond donors (Lipinski definition) is 0. The quantitative estimate of drug-likeness (QED) is 0.821. The summed E-state index contributed by atoms with van der Waals surface area (Å²) in [6.07, 6.45) is 1.23. The van der Waals surface area contributed by atoms with E-state index < -0.39 is 10.0 Å². The fourth-order valence-electron chi connectivity index (χ4n) is 3.51. The monoisotopic (exact) mass is 375 g/mol. The highest BCUT2D eigenvalue weighted by Gasteiger charge is 2.32. The average Bonchev–Trinajstić information content (AvgIpc) is 2.56. The van der Waals surface area contributed by atoms with E-state index in [9.17, 15) is 8.42 Å². The molecule has 1 fully saturated rings. The maximum absolute atomic E-state index is 13.1. The molecule has 6 nitrogen and oxygen atoms in total. The number of piperidine rings is 1. The zero-order chi connectivity index (χ0) is 18.9. The first kappa shape index (κ1) is 18.8. The van der Waals surface area contributed by atoms with Crippen molar-refractivity contribution in [2.24, 2.45) is 0 Å². The van der Waals surface area contributed by atoms with Gasteiger partial charge >= 0.3 is 0 Å². The Morgan fingerprint density at radius 2 is 1.62 bits per heavy atom. The molecule has 2 heterocycles. The van der Waals surface area contributed by atoms with Crippen molar-refractivity contribution in [3.63, 3.8) is 0 Å². The standard InChI is InChI=1S/C19H25N3O3S/c1-13-11-14(2)19(15(3)12-13)26(23,24)22-9-7-17(8-10-22)25-18-6-5-16(4)20-21-18/h5-6,11-12,17H,7-10H2,1-4H3. The lowest BCUT2D eigenvalue weighted by atomic mass is 10.1. The molecule has 0 aliphatic carbocycles. The second-order valence-electron chi connectivity index (χ2n) is 6.96. The molecule has 2 aromatic rings. The molecule has 0 amide bonds. The van der Waals surface area contributed by atoms with E-state index in [-0.39, 0.29) is 6.10 Å². The topological polar surface area (TPSA) is 72.4 Å². The lowest BCUT2D eigenvalue weighted by molar-refractivity contribution is 0.128. The second-order valence-corrected chi connectivity index (χ2v) is 8.84. The van der Waals surface area contributed by atoms with Crippen molar-refractivity contribution in [1.29, 1.82) is 0 Å². The lowest BCUT2D eigenvalue weighted by Crippen LogP contribution is -2.42. The Labute approximate surface area is 155 Å². The highest BCUT2D eigenvalue weighted by molar-refractivity contribution is 7.89. The van der Waals surface area contributed by atoms with E-state index in [1.807, 2.05) is 45.9 Å². The first-order valence-electron chi connectivity index (χ1n) is 8.82. The zero-order valence-electron chi connectivity index (χ0n) is 15.7. The van der Waals surface area contributed by atoms with Crippen LogP contribution in [0.1, 0.15) is 35.2 Å². The Morgan fingerprint density at radius 1 is 1.00 bits per heavy atom. The molecule has 0 saturated carbocycles. The van der Waals surface area contributed by atoms with Gasteiger partial charge in [0, 0.05) is 19.2 Å². The van der Waals surface area contributed by atoms with Gasteiger partial charge in [0.2, 0.25) is 15.9 Å². The van der Waals surface area contributed by atoms with Gasteiger partial charge in [-0.3, -0.25) is 0 Å².